The van der Waals surface area contributed by atoms with Gasteiger partial charge in [-0.3, -0.25) is 0 Å². The second kappa shape index (κ2) is 3.56. The highest BCUT2D eigenvalue weighted by atomic mass is 16.5. The molecular weight excluding hydrogens is 164 g/mol. The Balaban J connectivity index is 2.01. The molecule has 2 saturated heterocycles. The Bertz CT molecular complexity index is 174. The van der Waals surface area contributed by atoms with Crippen molar-refractivity contribution >= 4 is 0 Å². The minimum Gasteiger partial charge on any atom is -0.380 e. The first-order chi connectivity index (χ1) is 6.27. The lowest BCUT2D eigenvalue weighted by molar-refractivity contribution is 0.126. The second-order valence-corrected chi connectivity index (χ2v) is 4.54. The maximum atomic E-state index is 5.59. The fourth-order valence-corrected chi connectivity index (χ4v) is 2.55. The van der Waals surface area contributed by atoms with Crippen LogP contribution in [0, 0.1) is 11.3 Å². The Hall–Kier alpha value is -0.120. The Morgan fingerprint density at radius 3 is 3.23 bits per heavy atom. The third-order valence-corrected chi connectivity index (χ3v) is 3.57. The van der Waals surface area contributed by atoms with Gasteiger partial charge in [0.2, 0.25) is 0 Å². The molecule has 1 N–H and O–H groups in total. The zero-order valence-electron chi connectivity index (χ0n) is 8.68. The molecular formula is C10H20N2O. The van der Waals surface area contributed by atoms with Crippen LogP contribution in [0.3, 0.4) is 0 Å². The smallest absolute Gasteiger partial charge is 0.0551 e. The van der Waals surface area contributed by atoms with E-state index in [0.717, 1.165) is 38.8 Å². The van der Waals surface area contributed by atoms with Crippen LogP contribution in [0.15, 0.2) is 0 Å². The minimum absolute atomic E-state index is 0.421. The van der Waals surface area contributed by atoms with Gasteiger partial charge in [0.25, 0.3) is 0 Å². The number of hydrogen-bond acceptors (Lipinski definition) is 3. The van der Waals surface area contributed by atoms with E-state index < -0.39 is 0 Å². The normalized spacial score (nSPS) is 38.5. The molecule has 2 unspecified atom stereocenters. The van der Waals surface area contributed by atoms with E-state index >= 15 is 0 Å². The predicted molar refractivity (Wildman–Crippen MR) is 52.8 cm³/mol. The molecule has 2 aliphatic rings. The SMILES string of the molecule is CCN(C)CC12CNCC1COC2. The molecule has 2 atom stereocenters. The summed E-state index contributed by atoms with van der Waals surface area (Å²) in [6.45, 7) is 8.73. The zero-order chi connectivity index (χ0) is 9.31. The van der Waals surface area contributed by atoms with Gasteiger partial charge in [-0.25, -0.2) is 0 Å². The number of hydrogen-bond donors (Lipinski definition) is 1. The average Bonchev–Trinajstić information content (AvgIpc) is 2.62. The molecule has 2 fully saturated rings. The molecule has 0 aliphatic carbocycles. The van der Waals surface area contributed by atoms with Gasteiger partial charge in [-0.05, 0) is 13.6 Å². The van der Waals surface area contributed by atoms with Crippen LogP contribution in [-0.2, 0) is 4.74 Å². The van der Waals surface area contributed by atoms with Crippen LogP contribution in [0.2, 0.25) is 0 Å². The highest BCUT2D eigenvalue weighted by Gasteiger charge is 2.47. The summed E-state index contributed by atoms with van der Waals surface area (Å²) in [7, 11) is 2.20. The lowest BCUT2D eigenvalue weighted by atomic mass is 9.80. The molecule has 0 bridgehead atoms. The fraction of sp³-hybridized carbons (Fsp3) is 1.00. The summed E-state index contributed by atoms with van der Waals surface area (Å²) in [5.74, 6) is 0.751. The maximum absolute atomic E-state index is 5.59. The summed E-state index contributed by atoms with van der Waals surface area (Å²) < 4.78 is 5.59. The molecule has 3 heteroatoms. The van der Waals surface area contributed by atoms with E-state index in [9.17, 15) is 0 Å². The maximum Gasteiger partial charge on any atom is 0.0551 e. The predicted octanol–water partition coefficient (Wildman–Crippen LogP) is 0.174. The molecule has 0 aromatic heterocycles. The van der Waals surface area contributed by atoms with Crippen molar-refractivity contribution in [2.24, 2.45) is 11.3 Å². The summed E-state index contributed by atoms with van der Waals surface area (Å²) >= 11 is 0. The summed E-state index contributed by atoms with van der Waals surface area (Å²) in [4.78, 5) is 2.40. The third kappa shape index (κ3) is 1.60. The fourth-order valence-electron chi connectivity index (χ4n) is 2.55. The number of ether oxygens (including phenoxy) is 1. The van der Waals surface area contributed by atoms with E-state index in [0.29, 0.717) is 5.41 Å². The summed E-state index contributed by atoms with van der Waals surface area (Å²) in [6, 6.07) is 0. The van der Waals surface area contributed by atoms with Crippen molar-refractivity contribution < 1.29 is 4.74 Å². The van der Waals surface area contributed by atoms with E-state index in [4.69, 9.17) is 4.74 Å². The van der Waals surface area contributed by atoms with E-state index in [-0.39, 0.29) is 0 Å². The molecule has 13 heavy (non-hydrogen) atoms. The second-order valence-electron chi connectivity index (χ2n) is 4.54. The molecule has 0 aromatic rings. The van der Waals surface area contributed by atoms with Crippen molar-refractivity contribution in [2.45, 2.75) is 6.92 Å². The number of nitrogens with zero attached hydrogens (tertiary/aromatic N) is 1. The topological polar surface area (TPSA) is 24.5 Å². The van der Waals surface area contributed by atoms with Crippen LogP contribution < -0.4 is 5.32 Å². The molecule has 0 saturated carbocycles. The molecule has 0 radical (unpaired) electrons. The Labute approximate surface area is 80.4 Å². The molecule has 2 heterocycles. The van der Waals surface area contributed by atoms with Crippen LogP contribution >= 0.6 is 0 Å². The average molecular weight is 184 g/mol. The van der Waals surface area contributed by atoms with E-state index in [1.165, 1.54) is 6.54 Å². The van der Waals surface area contributed by atoms with Crippen molar-refractivity contribution in [3.63, 3.8) is 0 Å². The first-order valence-corrected chi connectivity index (χ1v) is 5.24. The standard InChI is InChI=1S/C10H20N2O/c1-3-12(2)7-10-6-11-4-9(10)5-13-8-10/h9,11H,3-8H2,1-2H3. The van der Waals surface area contributed by atoms with Crippen LogP contribution in [-0.4, -0.2) is 51.3 Å². The lowest BCUT2D eigenvalue weighted by Gasteiger charge is -2.31. The number of fused-ring (bicyclic) bond motifs is 1. The molecule has 0 spiro atoms. The van der Waals surface area contributed by atoms with Gasteiger partial charge in [0.15, 0.2) is 0 Å². The highest BCUT2D eigenvalue weighted by Crippen LogP contribution is 2.37. The summed E-state index contributed by atoms with van der Waals surface area (Å²) in [5, 5.41) is 3.49. The Morgan fingerprint density at radius 2 is 2.46 bits per heavy atom. The van der Waals surface area contributed by atoms with E-state index in [2.05, 4.69) is 24.2 Å². The lowest BCUT2D eigenvalue weighted by Crippen LogP contribution is -2.41. The van der Waals surface area contributed by atoms with E-state index in [1.807, 2.05) is 0 Å². The van der Waals surface area contributed by atoms with Crippen molar-refractivity contribution in [3.05, 3.63) is 0 Å². The number of nitrogens with one attached hydrogen (secondary N) is 1. The molecule has 0 aromatic carbocycles. The van der Waals surface area contributed by atoms with Crippen LogP contribution in [0.5, 0.6) is 0 Å². The highest BCUT2D eigenvalue weighted by molar-refractivity contribution is 4.99. The summed E-state index contributed by atoms with van der Waals surface area (Å²) in [5.41, 5.74) is 0.421. The van der Waals surface area contributed by atoms with Gasteiger partial charge in [0.1, 0.15) is 0 Å². The quantitative estimate of drug-likeness (QED) is 0.677. The van der Waals surface area contributed by atoms with Gasteiger partial charge in [-0.2, -0.15) is 0 Å². The number of rotatable bonds is 3. The van der Waals surface area contributed by atoms with Crippen LogP contribution in [0.25, 0.3) is 0 Å². The molecule has 0 amide bonds. The van der Waals surface area contributed by atoms with Crippen molar-refractivity contribution in [1.29, 1.82) is 0 Å². The van der Waals surface area contributed by atoms with Gasteiger partial charge < -0.3 is 15.0 Å². The van der Waals surface area contributed by atoms with Crippen molar-refractivity contribution in [1.82, 2.24) is 10.2 Å². The van der Waals surface area contributed by atoms with Crippen molar-refractivity contribution in [2.75, 3.05) is 46.4 Å². The van der Waals surface area contributed by atoms with Crippen molar-refractivity contribution in [3.8, 4) is 0 Å². The van der Waals surface area contributed by atoms with Gasteiger partial charge in [0.05, 0.1) is 13.2 Å². The molecule has 76 valence electrons. The molecule has 3 nitrogen and oxygen atoms in total. The Kier molecular flexibility index (Phi) is 2.58. The molecule has 2 rings (SSSR count). The van der Waals surface area contributed by atoms with E-state index in [1.54, 1.807) is 0 Å². The van der Waals surface area contributed by atoms with Crippen LogP contribution in [0.1, 0.15) is 6.92 Å². The summed E-state index contributed by atoms with van der Waals surface area (Å²) in [6.07, 6.45) is 0. The van der Waals surface area contributed by atoms with Crippen LogP contribution in [0.4, 0.5) is 0 Å². The molecule has 2 aliphatic heterocycles. The largest absolute Gasteiger partial charge is 0.380 e. The first-order valence-electron chi connectivity index (χ1n) is 5.24. The first kappa shape index (κ1) is 9.44. The zero-order valence-corrected chi connectivity index (χ0v) is 8.68. The Morgan fingerprint density at radius 1 is 1.62 bits per heavy atom. The third-order valence-electron chi connectivity index (χ3n) is 3.57. The monoisotopic (exact) mass is 184 g/mol. The van der Waals surface area contributed by atoms with Gasteiger partial charge >= 0.3 is 0 Å². The van der Waals surface area contributed by atoms with Gasteiger partial charge in [0, 0.05) is 31.0 Å². The van der Waals surface area contributed by atoms with Gasteiger partial charge in [-0.1, -0.05) is 6.92 Å². The minimum atomic E-state index is 0.421. The van der Waals surface area contributed by atoms with Gasteiger partial charge in [-0.15, -0.1) is 0 Å².